The molecule has 5 nitrogen and oxygen atoms in total. The van der Waals surface area contributed by atoms with E-state index in [9.17, 15) is 9.59 Å². The Morgan fingerprint density at radius 1 is 1.15 bits per heavy atom. The van der Waals surface area contributed by atoms with Crippen molar-refractivity contribution in [3.05, 3.63) is 59.3 Å². The number of aromatic amines is 1. The molecule has 0 aliphatic heterocycles. The molecule has 140 valence electrons. The summed E-state index contributed by atoms with van der Waals surface area (Å²) >= 11 is 1.56. The van der Waals surface area contributed by atoms with Crippen LogP contribution in [0.4, 0.5) is 5.69 Å². The van der Waals surface area contributed by atoms with Crippen molar-refractivity contribution in [1.82, 2.24) is 9.88 Å². The molecule has 2 amide bonds. The number of benzene rings is 2. The van der Waals surface area contributed by atoms with Crippen LogP contribution in [0.1, 0.15) is 21.6 Å². The van der Waals surface area contributed by atoms with Crippen LogP contribution in [-0.2, 0) is 4.79 Å². The fourth-order valence-electron chi connectivity index (χ4n) is 3.14. The standard InChI is InChI=1S/C21H23N3O2S/c1-13-9-14(2)15-11-18(22-17(15)10-13)21(26)24(3)12-20(25)23-16-7-5-6-8-19(16)27-4/h5-11,22H,12H2,1-4H3,(H,23,25). The van der Waals surface area contributed by atoms with E-state index in [2.05, 4.69) is 16.4 Å². The highest BCUT2D eigenvalue weighted by molar-refractivity contribution is 7.98. The molecule has 0 radical (unpaired) electrons. The van der Waals surface area contributed by atoms with Crippen LogP contribution < -0.4 is 5.32 Å². The number of fused-ring (bicyclic) bond motifs is 1. The number of carbonyl (C=O) groups is 2. The minimum Gasteiger partial charge on any atom is -0.351 e. The molecule has 0 aliphatic carbocycles. The number of thioether (sulfide) groups is 1. The van der Waals surface area contributed by atoms with Crippen LogP contribution in [0.15, 0.2) is 47.4 Å². The molecule has 0 saturated heterocycles. The average Bonchev–Trinajstić information content (AvgIpc) is 3.05. The smallest absolute Gasteiger partial charge is 0.270 e. The van der Waals surface area contributed by atoms with Gasteiger partial charge in [0, 0.05) is 22.8 Å². The largest absolute Gasteiger partial charge is 0.351 e. The van der Waals surface area contributed by atoms with Gasteiger partial charge in [-0.15, -0.1) is 11.8 Å². The molecule has 3 aromatic rings. The van der Waals surface area contributed by atoms with Crippen LogP contribution in [0, 0.1) is 13.8 Å². The molecule has 1 aromatic heterocycles. The Bertz CT molecular complexity index is 1010. The van der Waals surface area contributed by atoms with Gasteiger partial charge < -0.3 is 15.2 Å². The van der Waals surface area contributed by atoms with Crippen molar-refractivity contribution in [3.8, 4) is 0 Å². The number of hydrogen-bond donors (Lipinski definition) is 2. The summed E-state index contributed by atoms with van der Waals surface area (Å²) in [6, 6.07) is 13.6. The van der Waals surface area contributed by atoms with E-state index in [1.54, 1.807) is 18.8 Å². The van der Waals surface area contributed by atoms with E-state index in [1.165, 1.54) is 4.90 Å². The number of rotatable bonds is 5. The van der Waals surface area contributed by atoms with Crippen LogP contribution >= 0.6 is 11.8 Å². The third kappa shape index (κ3) is 4.17. The quantitative estimate of drug-likeness (QED) is 0.651. The summed E-state index contributed by atoms with van der Waals surface area (Å²) in [4.78, 5) is 30.7. The van der Waals surface area contributed by atoms with Crippen LogP contribution in [-0.4, -0.2) is 41.5 Å². The van der Waals surface area contributed by atoms with Crippen molar-refractivity contribution < 1.29 is 9.59 Å². The Balaban J connectivity index is 1.72. The van der Waals surface area contributed by atoms with Gasteiger partial charge in [0.25, 0.3) is 5.91 Å². The van der Waals surface area contributed by atoms with Gasteiger partial charge in [-0.3, -0.25) is 9.59 Å². The molecule has 27 heavy (non-hydrogen) atoms. The fraction of sp³-hybridized carbons (Fsp3) is 0.238. The summed E-state index contributed by atoms with van der Waals surface area (Å²) in [5.41, 5.74) is 4.43. The van der Waals surface area contributed by atoms with E-state index >= 15 is 0 Å². The highest BCUT2D eigenvalue weighted by Crippen LogP contribution is 2.25. The van der Waals surface area contributed by atoms with E-state index in [-0.39, 0.29) is 18.4 Å². The number of para-hydroxylation sites is 1. The van der Waals surface area contributed by atoms with E-state index < -0.39 is 0 Å². The second-order valence-corrected chi connectivity index (χ2v) is 7.48. The van der Waals surface area contributed by atoms with E-state index in [0.717, 1.165) is 32.6 Å². The molecule has 2 aromatic carbocycles. The van der Waals surface area contributed by atoms with E-state index in [0.29, 0.717) is 5.69 Å². The first-order chi connectivity index (χ1) is 12.9. The molecular formula is C21H23N3O2S. The summed E-state index contributed by atoms with van der Waals surface area (Å²) in [7, 11) is 1.63. The molecule has 1 heterocycles. The number of likely N-dealkylation sites (N-methyl/N-ethyl adjacent to an activating group) is 1. The molecule has 6 heteroatoms. The Hall–Kier alpha value is -2.73. The number of aryl methyl sites for hydroxylation is 2. The summed E-state index contributed by atoms with van der Waals surface area (Å²) in [5, 5.41) is 3.90. The molecule has 0 spiro atoms. The van der Waals surface area contributed by atoms with Crippen molar-refractivity contribution in [1.29, 1.82) is 0 Å². The van der Waals surface area contributed by atoms with Crippen LogP contribution in [0.25, 0.3) is 10.9 Å². The maximum atomic E-state index is 12.7. The number of carbonyl (C=O) groups excluding carboxylic acids is 2. The SMILES string of the molecule is CSc1ccccc1NC(=O)CN(C)C(=O)c1cc2c(C)cc(C)cc2[nH]1. The predicted molar refractivity (Wildman–Crippen MR) is 112 cm³/mol. The number of amides is 2. The Labute approximate surface area is 163 Å². The number of nitrogens with one attached hydrogen (secondary N) is 2. The molecule has 0 saturated carbocycles. The number of nitrogens with zero attached hydrogens (tertiary/aromatic N) is 1. The number of anilines is 1. The zero-order chi connectivity index (χ0) is 19.6. The minimum absolute atomic E-state index is 0.0189. The maximum absolute atomic E-state index is 12.7. The van der Waals surface area contributed by atoms with Gasteiger partial charge in [0.1, 0.15) is 5.69 Å². The molecule has 2 N–H and O–H groups in total. The third-order valence-corrected chi connectivity index (χ3v) is 5.22. The molecule has 0 atom stereocenters. The first kappa shape index (κ1) is 19.0. The second-order valence-electron chi connectivity index (χ2n) is 6.64. The van der Waals surface area contributed by atoms with Gasteiger partial charge in [-0.1, -0.05) is 18.2 Å². The van der Waals surface area contributed by atoms with Gasteiger partial charge in [0.15, 0.2) is 0 Å². The van der Waals surface area contributed by atoms with Crippen molar-refractivity contribution in [2.75, 3.05) is 25.2 Å². The predicted octanol–water partition coefficient (Wildman–Crippen LogP) is 4.22. The van der Waals surface area contributed by atoms with Crippen molar-refractivity contribution in [2.24, 2.45) is 0 Å². The van der Waals surface area contributed by atoms with E-state index in [4.69, 9.17) is 0 Å². The van der Waals surface area contributed by atoms with Gasteiger partial charge in [0.05, 0.1) is 12.2 Å². The highest BCUT2D eigenvalue weighted by Gasteiger charge is 2.18. The topological polar surface area (TPSA) is 65.2 Å². The Morgan fingerprint density at radius 2 is 1.89 bits per heavy atom. The lowest BCUT2D eigenvalue weighted by atomic mass is 10.1. The molecule has 3 rings (SSSR count). The van der Waals surface area contributed by atoms with Crippen molar-refractivity contribution >= 4 is 40.2 Å². The first-order valence-electron chi connectivity index (χ1n) is 8.67. The third-order valence-electron chi connectivity index (χ3n) is 4.43. The van der Waals surface area contributed by atoms with Gasteiger partial charge >= 0.3 is 0 Å². The number of H-pyrrole nitrogens is 1. The fourth-order valence-corrected chi connectivity index (χ4v) is 3.70. The maximum Gasteiger partial charge on any atom is 0.270 e. The molecule has 0 aliphatic rings. The summed E-state index contributed by atoms with van der Waals surface area (Å²) in [6.07, 6.45) is 1.96. The Kier molecular flexibility index (Phi) is 5.56. The average molecular weight is 382 g/mol. The Morgan fingerprint density at radius 3 is 2.63 bits per heavy atom. The zero-order valence-electron chi connectivity index (χ0n) is 15.9. The van der Waals surface area contributed by atoms with Gasteiger partial charge in [-0.25, -0.2) is 0 Å². The normalized spacial score (nSPS) is 10.8. The molecule has 0 fully saturated rings. The van der Waals surface area contributed by atoms with Crippen LogP contribution in [0.2, 0.25) is 0 Å². The first-order valence-corrected chi connectivity index (χ1v) is 9.90. The molecule has 0 bridgehead atoms. The van der Waals surface area contributed by atoms with Gasteiger partial charge in [0.2, 0.25) is 5.91 Å². The van der Waals surface area contributed by atoms with Crippen LogP contribution in [0.5, 0.6) is 0 Å². The second kappa shape index (κ2) is 7.88. The van der Waals surface area contributed by atoms with Crippen LogP contribution in [0.3, 0.4) is 0 Å². The monoisotopic (exact) mass is 381 g/mol. The van der Waals surface area contributed by atoms with E-state index in [1.807, 2.05) is 56.5 Å². The van der Waals surface area contributed by atoms with Crippen molar-refractivity contribution in [3.63, 3.8) is 0 Å². The number of hydrogen-bond acceptors (Lipinski definition) is 3. The minimum atomic E-state index is -0.226. The lowest BCUT2D eigenvalue weighted by molar-refractivity contribution is -0.116. The number of aromatic nitrogens is 1. The van der Waals surface area contributed by atoms with Gasteiger partial charge in [-0.2, -0.15) is 0 Å². The lowest BCUT2D eigenvalue weighted by Crippen LogP contribution is -2.35. The van der Waals surface area contributed by atoms with Crippen molar-refractivity contribution in [2.45, 2.75) is 18.7 Å². The zero-order valence-corrected chi connectivity index (χ0v) is 16.7. The lowest BCUT2D eigenvalue weighted by Gasteiger charge is -2.16. The van der Waals surface area contributed by atoms with Gasteiger partial charge in [-0.05, 0) is 55.5 Å². The molecular weight excluding hydrogens is 358 g/mol. The summed E-state index contributed by atoms with van der Waals surface area (Å²) in [6.45, 7) is 4.03. The summed E-state index contributed by atoms with van der Waals surface area (Å²) < 4.78 is 0. The highest BCUT2D eigenvalue weighted by atomic mass is 32.2. The molecule has 0 unspecified atom stereocenters. The summed E-state index contributed by atoms with van der Waals surface area (Å²) in [5.74, 6) is -0.438.